The van der Waals surface area contributed by atoms with E-state index in [0.717, 1.165) is 12.3 Å². The van der Waals surface area contributed by atoms with Crippen molar-refractivity contribution in [2.24, 2.45) is 0 Å². The fourth-order valence-electron chi connectivity index (χ4n) is 1.67. The minimum Gasteiger partial charge on any atom is -0.488 e. The maximum Gasteiger partial charge on any atom is 0.157 e. The normalized spacial score (nSPS) is 19.1. The second kappa shape index (κ2) is 4.43. The molecule has 4 nitrogen and oxygen atoms in total. The van der Waals surface area contributed by atoms with Crippen molar-refractivity contribution in [2.75, 3.05) is 18.6 Å². The summed E-state index contributed by atoms with van der Waals surface area (Å²) in [6.07, 6.45) is -0.167. The lowest BCUT2D eigenvalue weighted by atomic mass is 10.2. The van der Waals surface area contributed by atoms with Gasteiger partial charge in [-0.1, -0.05) is 12.1 Å². The van der Waals surface area contributed by atoms with Crippen LogP contribution in [-0.4, -0.2) is 33.1 Å². The fraction of sp³-hybridized carbons (Fsp3) is 0.455. The Morgan fingerprint density at radius 3 is 2.44 bits per heavy atom. The molecular weight excluding hydrogens is 226 g/mol. The summed E-state index contributed by atoms with van der Waals surface area (Å²) in [6, 6.07) is 7.69. The van der Waals surface area contributed by atoms with Crippen LogP contribution in [0.5, 0.6) is 5.75 Å². The summed E-state index contributed by atoms with van der Waals surface area (Å²) in [5, 5.41) is 3.06. The average molecular weight is 241 g/mol. The summed E-state index contributed by atoms with van der Waals surface area (Å²) in [7, 11) is -0.910. The largest absolute Gasteiger partial charge is 0.488 e. The molecular formula is C11H15NO3S. The lowest BCUT2D eigenvalue weighted by molar-refractivity contribution is 0.230. The summed E-state index contributed by atoms with van der Waals surface area (Å²) < 4.78 is 27.4. The van der Waals surface area contributed by atoms with Crippen LogP contribution in [0.15, 0.2) is 24.3 Å². The van der Waals surface area contributed by atoms with E-state index < -0.39 is 9.84 Å². The van der Waals surface area contributed by atoms with Gasteiger partial charge >= 0.3 is 0 Å². The Labute approximate surface area is 95.5 Å². The van der Waals surface area contributed by atoms with Gasteiger partial charge in [-0.15, -0.1) is 0 Å². The predicted molar refractivity (Wildman–Crippen MR) is 62.3 cm³/mol. The van der Waals surface area contributed by atoms with Gasteiger partial charge in [0.2, 0.25) is 0 Å². The second-order valence-corrected chi connectivity index (χ2v) is 6.14. The molecule has 0 saturated carbocycles. The molecule has 0 bridgehead atoms. The number of hydrogen-bond acceptors (Lipinski definition) is 4. The molecule has 1 N–H and O–H groups in total. The molecule has 0 unspecified atom stereocenters. The third-order valence-electron chi connectivity index (χ3n) is 2.49. The zero-order valence-corrected chi connectivity index (χ0v) is 9.96. The quantitative estimate of drug-likeness (QED) is 0.838. The van der Waals surface area contributed by atoms with Crippen molar-refractivity contribution in [3.63, 3.8) is 0 Å². The molecule has 1 fully saturated rings. The van der Waals surface area contributed by atoms with Gasteiger partial charge in [-0.25, -0.2) is 8.42 Å². The molecule has 0 aliphatic carbocycles. The van der Waals surface area contributed by atoms with Gasteiger partial charge < -0.3 is 10.1 Å². The summed E-state index contributed by atoms with van der Waals surface area (Å²) >= 11 is 0. The number of benzene rings is 1. The van der Waals surface area contributed by atoms with Crippen LogP contribution in [0.4, 0.5) is 0 Å². The predicted octanol–water partition coefficient (Wildman–Crippen LogP) is 0.582. The van der Waals surface area contributed by atoms with E-state index in [1.54, 1.807) is 0 Å². The monoisotopic (exact) mass is 241 g/mol. The van der Waals surface area contributed by atoms with Crippen LogP contribution in [-0.2, 0) is 16.4 Å². The van der Waals surface area contributed by atoms with Crippen LogP contribution in [0.3, 0.4) is 0 Å². The SMILES string of the molecule is CNCc1ccc(OC2CS(=O)(=O)C2)cc1. The smallest absolute Gasteiger partial charge is 0.157 e. The Morgan fingerprint density at radius 1 is 1.31 bits per heavy atom. The highest BCUT2D eigenvalue weighted by molar-refractivity contribution is 7.92. The van der Waals surface area contributed by atoms with Gasteiger partial charge in [0, 0.05) is 6.54 Å². The van der Waals surface area contributed by atoms with E-state index in [9.17, 15) is 8.42 Å². The molecule has 0 aromatic heterocycles. The fourth-order valence-corrected chi connectivity index (χ4v) is 2.84. The van der Waals surface area contributed by atoms with Crippen molar-refractivity contribution in [3.05, 3.63) is 29.8 Å². The highest BCUT2D eigenvalue weighted by Crippen LogP contribution is 2.20. The number of rotatable bonds is 4. The van der Waals surface area contributed by atoms with Crippen LogP contribution >= 0.6 is 0 Å². The van der Waals surface area contributed by atoms with Gasteiger partial charge in [0.05, 0.1) is 11.5 Å². The van der Waals surface area contributed by atoms with E-state index >= 15 is 0 Å². The average Bonchev–Trinajstić information content (AvgIpc) is 2.18. The maximum absolute atomic E-state index is 10.9. The molecule has 0 spiro atoms. The molecule has 0 amide bonds. The number of hydrogen-bond donors (Lipinski definition) is 1. The van der Waals surface area contributed by atoms with Crippen molar-refractivity contribution in [1.82, 2.24) is 5.32 Å². The second-order valence-electron chi connectivity index (χ2n) is 3.99. The van der Waals surface area contributed by atoms with Gasteiger partial charge in [-0.3, -0.25) is 0 Å². The van der Waals surface area contributed by atoms with Crippen molar-refractivity contribution >= 4 is 9.84 Å². The first-order valence-electron chi connectivity index (χ1n) is 5.20. The van der Waals surface area contributed by atoms with E-state index in [0.29, 0.717) is 0 Å². The molecule has 16 heavy (non-hydrogen) atoms. The zero-order valence-electron chi connectivity index (χ0n) is 9.14. The highest BCUT2D eigenvalue weighted by Gasteiger charge is 2.35. The van der Waals surface area contributed by atoms with E-state index in [4.69, 9.17) is 4.74 Å². The van der Waals surface area contributed by atoms with Crippen LogP contribution in [0, 0.1) is 0 Å². The van der Waals surface area contributed by atoms with E-state index in [1.165, 1.54) is 5.56 Å². The van der Waals surface area contributed by atoms with Crippen molar-refractivity contribution in [2.45, 2.75) is 12.6 Å². The first-order valence-corrected chi connectivity index (χ1v) is 7.02. The topological polar surface area (TPSA) is 55.4 Å². The Morgan fingerprint density at radius 2 is 1.94 bits per heavy atom. The van der Waals surface area contributed by atoms with Gasteiger partial charge in [0.25, 0.3) is 0 Å². The highest BCUT2D eigenvalue weighted by atomic mass is 32.2. The summed E-state index contributed by atoms with van der Waals surface area (Å²) in [5.41, 5.74) is 1.18. The number of nitrogens with one attached hydrogen (secondary N) is 1. The van der Waals surface area contributed by atoms with Gasteiger partial charge in [0.15, 0.2) is 9.84 Å². The third kappa shape index (κ3) is 2.74. The molecule has 88 valence electrons. The molecule has 1 aromatic carbocycles. The van der Waals surface area contributed by atoms with Crippen LogP contribution in [0.2, 0.25) is 0 Å². The molecule has 0 atom stereocenters. The van der Waals surface area contributed by atoms with Crippen LogP contribution in [0.1, 0.15) is 5.56 Å². The zero-order chi connectivity index (χ0) is 11.6. The lowest BCUT2D eigenvalue weighted by Gasteiger charge is -2.26. The Balaban J connectivity index is 1.91. The summed E-state index contributed by atoms with van der Waals surface area (Å²) in [6.45, 7) is 0.818. The molecule has 1 aromatic rings. The van der Waals surface area contributed by atoms with Gasteiger partial charge in [-0.05, 0) is 24.7 Å². The Kier molecular flexibility index (Phi) is 3.16. The minimum atomic E-state index is -2.80. The molecule has 1 saturated heterocycles. The molecule has 1 aliphatic heterocycles. The van der Waals surface area contributed by atoms with Crippen molar-refractivity contribution in [1.29, 1.82) is 0 Å². The lowest BCUT2D eigenvalue weighted by Crippen LogP contribution is -2.45. The molecule has 1 heterocycles. The summed E-state index contributed by atoms with van der Waals surface area (Å²) in [5.74, 6) is 1.02. The maximum atomic E-state index is 10.9. The Bertz CT molecular complexity index is 441. The molecule has 1 aliphatic rings. The van der Waals surface area contributed by atoms with Crippen molar-refractivity contribution in [3.8, 4) is 5.75 Å². The van der Waals surface area contributed by atoms with Crippen molar-refractivity contribution < 1.29 is 13.2 Å². The van der Waals surface area contributed by atoms with Crippen LogP contribution < -0.4 is 10.1 Å². The van der Waals surface area contributed by atoms with E-state index in [-0.39, 0.29) is 17.6 Å². The summed E-state index contributed by atoms with van der Waals surface area (Å²) in [4.78, 5) is 0. The molecule has 5 heteroatoms. The number of sulfone groups is 1. The van der Waals surface area contributed by atoms with Gasteiger partial charge in [0.1, 0.15) is 11.9 Å². The minimum absolute atomic E-state index is 0.144. The molecule has 0 radical (unpaired) electrons. The van der Waals surface area contributed by atoms with Gasteiger partial charge in [-0.2, -0.15) is 0 Å². The molecule has 2 rings (SSSR count). The van der Waals surface area contributed by atoms with E-state index in [1.807, 2.05) is 31.3 Å². The van der Waals surface area contributed by atoms with E-state index in [2.05, 4.69) is 5.32 Å². The number of ether oxygens (including phenoxy) is 1. The Hall–Kier alpha value is -1.07. The first-order chi connectivity index (χ1) is 7.59. The standard InChI is InChI=1S/C11H15NO3S/c1-12-6-9-2-4-10(5-3-9)15-11-7-16(13,14)8-11/h2-5,11-12H,6-8H2,1H3. The first kappa shape index (κ1) is 11.4. The third-order valence-corrected chi connectivity index (χ3v) is 4.25. The van der Waals surface area contributed by atoms with Crippen LogP contribution in [0.25, 0.3) is 0 Å².